The second-order valence-electron chi connectivity index (χ2n) is 4.36. The highest BCUT2D eigenvalue weighted by Gasteiger charge is 2.21. The van der Waals surface area contributed by atoms with Gasteiger partial charge in [0.25, 0.3) is 0 Å². The van der Waals surface area contributed by atoms with Crippen molar-refractivity contribution in [1.29, 1.82) is 0 Å². The van der Waals surface area contributed by atoms with E-state index >= 15 is 0 Å². The third kappa shape index (κ3) is 3.65. The molecule has 2 unspecified atom stereocenters. The molecule has 0 saturated carbocycles. The first-order valence-corrected chi connectivity index (χ1v) is 5.67. The van der Waals surface area contributed by atoms with E-state index in [1.54, 1.807) is 0 Å². The predicted molar refractivity (Wildman–Crippen MR) is 58.0 cm³/mol. The molecule has 13 heavy (non-hydrogen) atoms. The molecule has 0 aromatic rings. The highest BCUT2D eigenvalue weighted by Crippen LogP contribution is 2.14. The maximum Gasteiger partial charge on any atom is 0.00940 e. The maximum atomic E-state index is 3.65. The number of nitrogens with zero attached hydrogens (tertiary/aromatic N) is 1. The van der Waals surface area contributed by atoms with Crippen molar-refractivity contribution in [2.75, 3.05) is 20.1 Å². The number of piperidine rings is 1. The van der Waals surface area contributed by atoms with Gasteiger partial charge in [-0.3, -0.25) is 0 Å². The standard InChI is InChI=1S/C11H24N2/c1-4-5-7-12-11-6-8-13(3)10(2)9-11/h10-12H,4-9H2,1-3H3. The molecule has 0 aromatic carbocycles. The molecule has 0 spiro atoms. The topological polar surface area (TPSA) is 15.3 Å². The highest BCUT2D eigenvalue weighted by molar-refractivity contribution is 4.80. The summed E-state index contributed by atoms with van der Waals surface area (Å²) < 4.78 is 0. The van der Waals surface area contributed by atoms with Crippen LogP contribution in [0.25, 0.3) is 0 Å². The van der Waals surface area contributed by atoms with E-state index in [1.807, 2.05) is 0 Å². The molecule has 0 amide bonds. The van der Waals surface area contributed by atoms with E-state index in [1.165, 1.54) is 38.8 Å². The van der Waals surface area contributed by atoms with Crippen molar-refractivity contribution in [3.05, 3.63) is 0 Å². The SMILES string of the molecule is CCCCNC1CCN(C)C(C)C1. The minimum Gasteiger partial charge on any atom is -0.314 e. The van der Waals surface area contributed by atoms with Gasteiger partial charge in [0.1, 0.15) is 0 Å². The lowest BCUT2D eigenvalue weighted by atomic mass is 9.99. The van der Waals surface area contributed by atoms with Gasteiger partial charge in [0.15, 0.2) is 0 Å². The Balaban J connectivity index is 2.14. The number of rotatable bonds is 4. The van der Waals surface area contributed by atoms with Crippen LogP contribution in [0.15, 0.2) is 0 Å². The van der Waals surface area contributed by atoms with Crippen molar-refractivity contribution >= 4 is 0 Å². The summed E-state index contributed by atoms with van der Waals surface area (Å²) in [6.07, 6.45) is 5.26. The van der Waals surface area contributed by atoms with Crippen LogP contribution in [-0.4, -0.2) is 37.1 Å². The summed E-state index contributed by atoms with van der Waals surface area (Å²) in [4.78, 5) is 2.46. The fourth-order valence-electron chi connectivity index (χ4n) is 1.96. The van der Waals surface area contributed by atoms with Gasteiger partial charge in [-0.15, -0.1) is 0 Å². The molecule has 2 atom stereocenters. The van der Waals surface area contributed by atoms with Crippen LogP contribution in [0.4, 0.5) is 0 Å². The molecule has 0 aliphatic carbocycles. The molecule has 78 valence electrons. The van der Waals surface area contributed by atoms with Crippen LogP contribution in [-0.2, 0) is 0 Å². The summed E-state index contributed by atoms with van der Waals surface area (Å²) in [6, 6.07) is 1.53. The van der Waals surface area contributed by atoms with Gasteiger partial charge in [-0.05, 0) is 46.3 Å². The van der Waals surface area contributed by atoms with Crippen LogP contribution in [0.3, 0.4) is 0 Å². The molecule has 0 bridgehead atoms. The van der Waals surface area contributed by atoms with E-state index in [2.05, 4.69) is 31.1 Å². The first-order chi connectivity index (χ1) is 6.24. The van der Waals surface area contributed by atoms with Gasteiger partial charge in [-0.2, -0.15) is 0 Å². The summed E-state index contributed by atoms with van der Waals surface area (Å²) in [7, 11) is 2.23. The molecule has 1 aliphatic rings. The smallest absolute Gasteiger partial charge is 0.00940 e. The van der Waals surface area contributed by atoms with Gasteiger partial charge in [0.05, 0.1) is 0 Å². The number of likely N-dealkylation sites (tertiary alicyclic amines) is 1. The van der Waals surface area contributed by atoms with Gasteiger partial charge >= 0.3 is 0 Å². The summed E-state index contributed by atoms with van der Waals surface area (Å²) in [5.41, 5.74) is 0. The van der Waals surface area contributed by atoms with E-state index in [0.717, 1.165) is 12.1 Å². The quantitative estimate of drug-likeness (QED) is 0.671. The number of hydrogen-bond donors (Lipinski definition) is 1. The highest BCUT2D eigenvalue weighted by atomic mass is 15.1. The van der Waals surface area contributed by atoms with E-state index in [0.29, 0.717) is 0 Å². The summed E-state index contributed by atoms with van der Waals surface area (Å²) in [6.45, 7) is 7.04. The zero-order valence-electron chi connectivity index (χ0n) is 9.34. The Morgan fingerprint density at radius 3 is 2.85 bits per heavy atom. The number of nitrogens with one attached hydrogen (secondary N) is 1. The van der Waals surface area contributed by atoms with E-state index < -0.39 is 0 Å². The van der Waals surface area contributed by atoms with Crippen LogP contribution < -0.4 is 5.32 Å². The Bertz CT molecular complexity index is 136. The minimum atomic E-state index is 0.757. The second-order valence-corrected chi connectivity index (χ2v) is 4.36. The lowest BCUT2D eigenvalue weighted by Crippen LogP contribution is -2.45. The van der Waals surface area contributed by atoms with Crippen molar-refractivity contribution in [1.82, 2.24) is 10.2 Å². The average molecular weight is 184 g/mol. The summed E-state index contributed by atoms with van der Waals surface area (Å²) in [5, 5.41) is 3.65. The Kier molecular flexibility index (Phi) is 4.74. The molecule has 1 fully saturated rings. The van der Waals surface area contributed by atoms with Crippen molar-refractivity contribution < 1.29 is 0 Å². The average Bonchev–Trinajstić information content (AvgIpc) is 2.12. The zero-order valence-corrected chi connectivity index (χ0v) is 9.34. The molecule has 1 aliphatic heterocycles. The molecule has 0 radical (unpaired) electrons. The van der Waals surface area contributed by atoms with Crippen LogP contribution in [0.1, 0.15) is 39.5 Å². The van der Waals surface area contributed by atoms with E-state index in [-0.39, 0.29) is 0 Å². The molecule has 1 heterocycles. The normalized spacial score (nSPS) is 30.7. The third-order valence-electron chi connectivity index (χ3n) is 3.17. The maximum absolute atomic E-state index is 3.65. The summed E-state index contributed by atoms with van der Waals surface area (Å²) in [5.74, 6) is 0. The number of unbranched alkanes of at least 4 members (excludes halogenated alkanes) is 1. The largest absolute Gasteiger partial charge is 0.314 e. The Morgan fingerprint density at radius 1 is 1.46 bits per heavy atom. The molecule has 1 N–H and O–H groups in total. The van der Waals surface area contributed by atoms with Crippen molar-refractivity contribution in [3.63, 3.8) is 0 Å². The Hall–Kier alpha value is -0.0800. The molecular formula is C11H24N2. The third-order valence-corrected chi connectivity index (χ3v) is 3.17. The monoisotopic (exact) mass is 184 g/mol. The predicted octanol–water partition coefficient (Wildman–Crippen LogP) is 1.86. The van der Waals surface area contributed by atoms with Crippen LogP contribution in [0, 0.1) is 0 Å². The Morgan fingerprint density at radius 2 is 2.23 bits per heavy atom. The first-order valence-electron chi connectivity index (χ1n) is 5.67. The first kappa shape index (κ1) is 11.0. The lowest BCUT2D eigenvalue weighted by molar-refractivity contribution is 0.168. The molecule has 1 saturated heterocycles. The molecule has 0 aromatic heterocycles. The number of hydrogen-bond acceptors (Lipinski definition) is 2. The fourth-order valence-corrected chi connectivity index (χ4v) is 1.96. The van der Waals surface area contributed by atoms with Crippen molar-refractivity contribution in [3.8, 4) is 0 Å². The van der Waals surface area contributed by atoms with Crippen molar-refractivity contribution in [2.24, 2.45) is 0 Å². The second kappa shape index (κ2) is 5.61. The lowest BCUT2D eigenvalue weighted by Gasteiger charge is -2.35. The van der Waals surface area contributed by atoms with Crippen molar-refractivity contribution in [2.45, 2.75) is 51.6 Å². The van der Waals surface area contributed by atoms with Gasteiger partial charge in [0.2, 0.25) is 0 Å². The minimum absolute atomic E-state index is 0.757. The van der Waals surface area contributed by atoms with E-state index in [4.69, 9.17) is 0 Å². The van der Waals surface area contributed by atoms with E-state index in [9.17, 15) is 0 Å². The molecule has 1 rings (SSSR count). The van der Waals surface area contributed by atoms with Crippen LogP contribution in [0.5, 0.6) is 0 Å². The van der Waals surface area contributed by atoms with Crippen LogP contribution >= 0.6 is 0 Å². The van der Waals surface area contributed by atoms with Gasteiger partial charge < -0.3 is 10.2 Å². The zero-order chi connectivity index (χ0) is 9.68. The summed E-state index contributed by atoms with van der Waals surface area (Å²) >= 11 is 0. The van der Waals surface area contributed by atoms with Gasteiger partial charge in [-0.1, -0.05) is 13.3 Å². The van der Waals surface area contributed by atoms with Gasteiger partial charge in [-0.25, -0.2) is 0 Å². The molecule has 2 nitrogen and oxygen atoms in total. The molecule has 2 heteroatoms. The molecular weight excluding hydrogens is 160 g/mol. The van der Waals surface area contributed by atoms with Gasteiger partial charge in [0, 0.05) is 12.1 Å². The van der Waals surface area contributed by atoms with Crippen LogP contribution in [0.2, 0.25) is 0 Å². The Labute approximate surface area is 82.7 Å². The fraction of sp³-hybridized carbons (Fsp3) is 1.00.